The van der Waals surface area contributed by atoms with Gasteiger partial charge in [0.15, 0.2) is 11.2 Å². The van der Waals surface area contributed by atoms with Crippen LogP contribution in [0.5, 0.6) is 0 Å². The third kappa shape index (κ3) is 4.01. The van der Waals surface area contributed by atoms with Crippen LogP contribution in [0.3, 0.4) is 0 Å². The summed E-state index contributed by atoms with van der Waals surface area (Å²) in [5, 5.41) is 25.5. The van der Waals surface area contributed by atoms with E-state index in [1.54, 1.807) is 30.5 Å². The summed E-state index contributed by atoms with van der Waals surface area (Å²) in [4.78, 5) is 26.8. The van der Waals surface area contributed by atoms with E-state index >= 15 is 0 Å². The molecule has 0 saturated heterocycles. The summed E-state index contributed by atoms with van der Waals surface area (Å²) < 4.78 is 0. The highest BCUT2D eigenvalue weighted by atomic mass is 32.1. The summed E-state index contributed by atoms with van der Waals surface area (Å²) in [5.41, 5.74) is 0.949. The highest BCUT2D eigenvalue weighted by molar-refractivity contribution is 7.13. The summed E-state index contributed by atoms with van der Waals surface area (Å²) in [6.07, 6.45) is 1.66. The van der Waals surface area contributed by atoms with E-state index in [2.05, 4.69) is 15.6 Å². The van der Waals surface area contributed by atoms with Crippen LogP contribution in [0.15, 0.2) is 35.8 Å². The topological polar surface area (TPSA) is 112 Å². The van der Waals surface area contributed by atoms with Gasteiger partial charge in [0.1, 0.15) is 0 Å². The molecule has 1 atom stereocenters. The molecule has 0 aliphatic rings. The molecular weight excluding hydrogens is 294 g/mol. The van der Waals surface area contributed by atoms with Crippen molar-refractivity contribution >= 4 is 34.0 Å². The second-order valence-electron chi connectivity index (χ2n) is 4.09. The van der Waals surface area contributed by atoms with Gasteiger partial charge in [0.2, 0.25) is 0 Å². The van der Waals surface area contributed by atoms with Crippen LogP contribution >= 0.6 is 11.3 Å². The molecule has 1 aromatic heterocycles. The van der Waals surface area contributed by atoms with E-state index in [0.717, 1.165) is 0 Å². The van der Waals surface area contributed by atoms with Gasteiger partial charge in [0.25, 0.3) is 5.91 Å². The summed E-state index contributed by atoms with van der Waals surface area (Å²) in [6.45, 7) is -0.669. The van der Waals surface area contributed by atoms with E-state index in [4.69, 9.17) is 10.2 Å². The lowest BCUT2D eigenvalue weighted by molar-refractivity contribution is -0.140. The summed E-state index contributed by atoms with van der Waals surface area (Å²) >= 11 is 1.42. The lowest BCUT2D eigenvalue weighted by atomic mass is 10.1. The molecule has 4 N–H and O–H groups in total. The van der Waals surface area contributed by atoms with Crippen molar-refractivity contribution in [3.63, 3.8) is 0 Å². The van der Waals surface area contributed by atoms with E-state index in [-0.39, 0.29) is 5.56 Å². The first kappa shape index (κ1) is 14.9. The Hall–Kier alpha value is -2.45. The molecule has 0 aliphatic heterocycles. The number of aliphatic hydroxyl groups is 1. The normalized spacial score (nSPS) is 11.7. The third-order valence-corrected chi connectivity index (χ3v) is 3.28. The van der Waals surface area contributed by atoms with Crippen molar-refractivity contribution in [2.24, 2.45) is 0 Å². The molecule has 0 radical (unpaired) electrons. The number of carbonyl (C=O) groups is 2. The largest absolute Gasteiger partial charge is 0.480 e. The first-order valence-corrected chi connectivity index (χ1v) is 6.89. The number of rotatable bonds is 6. The predicted octanol–water partition coefficient (Wildman–Crippen LogP) is 1.06. The van der Waals surface area contributed by atoms with Crippen molar-refractivity contribution in [1.29, 1.82) is 0 Å². The van der Waals surface area contributed by atoms with Crippen molar-refractivity contribution in [1.82, 2.24) is 10.3 Å². The number of carboxylic acids is 1. The lowest BCUT2D eigenvalue weighted by Gasteiger charge is -2.12. The van der Waals surface area contributed by atoms with Crippen LogP contribution in [-0.4, -0.2) is 39.7 Å². The highest BCUT2D eigenvalue weighted by Gasteiger charge is 2.19. The average molecular weight is 307 g/mol. The van der Waals surface area contributed by atoms with Gasteiger partial charge in [-0.2, -0.15) is 0 Å². The second-order valence-corrected chi connectivity index (χ2v) is 4.98. The molecule has 2 rings (SSSR count). The molecule has 0 fully saturated rings. The first-order chi connectivity index (χ1) is 10.1. The number of nitrogens with zero attached hydrogens (tertiary/aromatic N) is 1. The minimum absolute atomic E-state index is 0.288. The molecule has 0 saturated carbocycles. The molecule has 7 nitrogen and oxygen atoms in total. The Morgan fingerprint density at radius 2 is 2.19 bits per heavy atom. The smallest absolute Gasteiger partial charge is 0.328 e. The Morgan fingerprint density at radius 3 is 2.81 bits per heavy atom. The number of aromatic nitrogens is 1. The van der Waals surface area contributed by atoms with Gasteiger partial charge >= 0.3 is 5.97 Å². The number of thiazole rings is 1. The predicted molar refractivity (Wildman–Crippen MR) is 77.8 cm³/mol. The Kier molecular flexibility index (Phi) is 4.85. The molecule has 8 heteroatoms. The van der Waals surface area contributed by atoms with Crippen LogP contribution in [0.2, 0.25) is 0 Å². The van der Waals surface area contributed by atoms with Crippen LogP contribution in [0.25, 0.3) is 0 Å². The van der Waals surface area contributed by atoms with E-state index in [1.807, 2.05) is 5.38 Å². The van der Waals surface area contributed by atoms with E-state index < -0.39 is 24.5 Å². The number of hydrogen-bond acceptors (Lipinski definition) is 6. The van der Waals surface area contributed by atoms with Crippen molar-refractivity contribution in [3.05, 3.63) is 41.4 Å². The maximum absolute atomic E-state index is 11.9. The molecule has 0 aliphatic carbocycles. The average Bonchev–Trinajstić information content (AvgIpc) is 2.97. The maximum atomic E-state index is 11.9. The molecule has 0 bridgehead atoms. The Labute approximate surface area is 124 Å². The SMILES string of the molecule is O=C(NC(CO)C(=O)O)c1cccc(Nc2nccs2)c1. The molecule has 21 heavy (non-hydrogen) atoms. The van der Waals surface area contributed by atoms with Gasteiger partial charge < -0.3 is 20.8 Å². The number of benzene rings is 1. The van der Waals surface area contributed by atoms with Crippen LogP contribution in [0, 0.1) is 0 Å². The van der Waals surface area contributed by atoms with Gasteiger partial charge in [-0.25, -0.2) is 9.78 Å². The fourth-order valence-corrected chi connectivity index (χ4v) is 2.12. The quantitative estimate of drug-likeness (QED) is 0.635. The number of amides is 1. The van der Waals surface area contributed by atoms with Crippen LogP contribution < -0.4 is 10.6 Å². The number of anilines is 2. The highest BCUT2D eigenvalue weighted by Crippen LogP contribution is 2.19. The standard InChI is InChI=1S/C13H13N3O4S/c17-7-10(12(19)20)16-11(18)8-2-1-3-9(6-8)15-13-14-4-5-21-13/h1-6,10,17H,7H2,(H,14,15)(H,16,18)(H,19,20). The van der Waals surface area contributed by atoms with E-state index in [9.17, 15) is 9.59 Å². The number of hydrogen-bond donors (Lipinski definition) is 4. The van der Waals surface area contributed by atoms with Crippen molar-refractivity contribution < 1.29 is 19.8 Å². The first-order valence-electron chi connectivity index (χ1n) is 6.01. The zero-order valence-electron chi connectivity index (χ0n) is 10.8. The minimum atomic E-state index is -1.33. The summed E-state index contributed by atoms with van der Waals surface area (Å²) in [5.74, 6) is -1.86. The molecule has 1 amide bonds. The monoisotopic (exact) mass is 307 g/mol. The van der Waals surface area contributed by atoms with Gasteiger partial charge in [-0.15, -0.1) is 11.3 Å². The maximum Gasteiger partial charge on any atom is 0.328 e. The summed E-state index contributed by atoms with van der Waals surface area (Å²) in [7, 11) is 0. The van der Waals surface area contributed by atoms with Crippen LogP contribution in [-0.2, 0) is 4.79 Å². The molecule has 1 aromatic carbocycles. The van der Waals surface area contributed by atoms with E-state index in [0.29, 0.717) is 10.8 Å². The molecule has 1 unspecified atom stereocenters. The number of aliphatic hydroxyl groups excluding tert-OH is 1. The van der Waals surface area contributed by atoms with Gasteiger partial charge in [-0.05, 0) is 18.2 Å². The van der Waals surface area contributed by atoms with Gasteiger partial charge in [-0.1, -0.05) is 6.07 Å². The van der Waals surface area contributed by atoms with Gasteiger partial charge in [-0.3, -0.25) is 4.79 Å². The lowest BCUT2D eigenvalue weighted by Crippen LogP contribution is -2.43. The third-order valence-electron chi connectivity index (χ3n) is 2.59. The minimum Gasteiger partial charge on any atom is -0.480 e. The Balaban J connectivity index is 2.09. The van der Waals surface area contributed by atoms with Gasteiger partial charge in [0.05, 0.1) is 6.61 Å². The molecule has 2 aromatic rings. The fraction of sp³-hybridized carbons (Fsp3) is 0.154. The number of carbonyl (C=O) groups excluding carboxylic acids is 1. The Bertz CT molecular complexity index is 630. The number of carboxylic acid groups (broad SMARTS) is 1. The molecule has 1 heterocycles. The van der Waals surface area contributed by atoms with Crippen LogP contribution in [0.4, 0.5) is 10.8 Å². The number of aliphatic carboxylic acids is 1. The fourth-order valence-electron chi connectivity index (χ4n) is 1.57. The summed E-state index contributed by atoms with van der Waals surface area (Å²) in [6, 6.07) is 5.23. The zero-order chi connectivity index (χ0) is 15.2. The van der Waals surface area contributed by atoms with Crippen molar-refractivity contribution in [3.8, 4) is 0 Å². The number of nitrogens with one attached hydrogen (secondary N) is 2. The zero-order valence-corrected chi connectivity index (χ0v) is 11.6. The van der Waals surface area contributed by atoms with E-state index in [1.165, 1.54) is 11.3 Å². The second kappa shape index (κ2) is 6.82. The molecular formula is C13H13N3O4S. The Morgan fingerprint density at radius 1 is 1.38 bits per heavy atom. The molecule has 110 valence electrons. The molecule has 0 spiro atoms. The van der Waals surface area contributed by atoms with Crippen LogP contribution in [0.1, 0.15) is 10.4 Å². The van der Waals surface area contributed by atoms with Crippen molar-refractivity contribution in [2.45, 2.75) is 6.04 Å². The van der Waals surface area contributed by atoms with Gasteiger partial charge in [0, 0.05) is 22.8 Å². The van der Waals surface area contributed by atoms with Crippen molar-refractivity contribution in [2.75, 3.05) is 11.9 Å².